The van der Waals surface area contributed by atoms with Crippen molar-refractivity contribution < 1.29 is 36.2 Å². The Morgan fingerprint density at radius 2 is 1.63 bits per heavy atom. The third-order valence-electron chi connectivity index (χ3n) is 7.62. The second kappa shape index (κ2) is 14.5. The Labute approximate surface area is 261 Å². The first kappa shape index (κ1) is 34.1. The fourth-order valence-electron chi connectivity index (χ4n) is 5.23. The van der Waals surface area contributed by atoms with Gasteiger partial charge >= 0.3 is 17.8 Å². The molecule has 0 fully saturated rings. The molecule has 1 aromatic heterocycles. The molecule has 244 valence electrons. The molecule has 1 atom stereocenters. The van der Waals surface area contributed by atoms with Crippen molar-refractivity contribution in [2.45, 2.75) is 45.1 Å². The summed E-state index contributed by atoms with van der Waals surface area (Å²) in [5.41, 5.74) is -4.12. The van der Waals surface area contributed by atoms with Crippen molar-refractivity contribution in [3.63, 3.8) is 0 Å². The molecule has 0 aliphatic carbocycles. The van der Waals surface area contributed by atoms with E-state index in [9.17, 15) is 31.9 Å². The standard InChI is InChI=1S/C33H32F5N3O5/c1-20-29(22-12-7-15-27(45-2)30(22)35)31(43)41(19-26(21-10-5-4-6-11-21)39-17-9-16-28(42)46-3)32(44)40(20)18-23-24(33(36,37)38)13-8-14-25(23)34/h4-8,10-15,26,39H,9,16-19H2,1-3H3/t26-/m0/s1. The van der Waals surface area contributed by atoms with Crippen LogP contribution in [0.2, 0.25) is 0 Å². The number of benzene rings is 3. The van der Waals surface area contributed by atoms with E-state index in [1.165, 1.54) is 39.3 Å². The molecule has 4 rings (SSSR count). The number of halogens is 5. The number of ether oxygens (including phenoxy) is 2. The molecule has 0 spiro atoms. The minimum absolute atomic E-state index is 0.103. The number of aromatic nitrogens is 2. The molecule has 46 heavy (non-hydrogen) atoms. The molecule has 4 aromatic rings. The van der Waals surface area contributed by atoms with E-state index in [1.807, 2.05) is 0 Å². The number of esters is 1. The number of carbonyl (C=O) groups is 1. The number of rotatable bonds is 12. The van der Waals surface area contributed by atoms with Gasteiger partial charge in [0.2, 0.25) is 0 Å². The molecule has 0 aliphatic heterocycles. The van der Waals surface area contributed by atoms with Crippen LogP contribution in [0.4, 0.5) is 22.0 Å². The van der Waals surface area contributed by atoms with Gasteiger partial charge in [0.1, 0.15) is 5.82 Å². The van der Waals surface area contributed by atoms with E-state index in [4.69, 9.17) is 4.74 Å². The molecule has 0 radical (unpaired) electrons. The summed E-state index contributed by atoms with van der Waals surface area (Å²) in [6.07, 6.45) is -4.49. The zero-order valence-corrected chi connectivity index (χ0v) is 25.3. The average molecular weight is 646 g/mol. The summed E-state index contributed by atoms with van der Waals surface area (Å²) in [4.78, 5) is 39.7. The van der Waals surface area contributed by atoms with Crippen LogP contribution in [0.5, 0.6) is 5.75 Å². The van der Waals surface area contributed by atoms with Crippen molar-refractivity contribution >= 4 is 5.97 Å². The molecule has 0 saturated carbocycles. The van der Waals surface area contributed by atoms with E-state index in [0.717, 1.165) is 21.3 Å². The monoisotopic (exact) mass is 645 g/mol. The first-order valence-corrected chi connectivity index (χ1v) is 14.3. The van der Waals surface area contributed by atoms with E-state index in [-0.39, 0.29) is 42.1 Å². The van der Waals surface area contributed by atoms with Gasteiger partial charge < -0.3 is 14.8 Å². The SMILES string of the molecule is COC(=O)CCCN[C@@H](Cn1c(=O)c(-c2cccc(OC)c2F)c(C)n(Cc2c(F)cccc2C(F)(F)F)c1=O)c1ccccc1. The molecule has 0 unspecified atom stereocenters. The van der Waals surface area contributed by atoms with Crippen molar-refractivity contribution in [2.24, 2.45) is 0 Å². The zero-order valence-electron chi connectivity index (χ0n) is 25.3. The number of hydrogen-bond acceptors (Lipinski definition) is 6. The number of hydrogen-bond donors (Lipinski definition) is 1. The fourth-order valence-corrected chi connectivity index (χ4v) is 5.23. The lowest BCUT2D eigenvalue weighted by molar-refractivity contribution is -0.141. The normalized spacial score (nSPS) is 12.2. The second-order valence-electron chi connectivity index (χ2n) is 10.4. The summed E-state index contributed by atoms with van der Waals surface area (Å²) >= 11 is 0. The largest absolute Gasteiger partial charge is 0.494 e. The summed E-state index contributed by atoms with van der Waals surface area (Å²) in [5, 5.41) is 3.21. The van der Waals surface area contributed by atoms with Crippen LogP contribution >= 0.6 is 0 Å². The Kier molecular flexibility index (Phi) is 10.8. The molecular formula is C33H32F5N3O5. The lowest BCUT2D eigenvalue weighted by Crippen LogP contribution is -2.45. The van der Waals surface area contributed by atoms with Crippen molar-refractivity contribution in [1.82, 2.24) is 14.5 Å². The molecule has 3 aromatic carbocycles. The average Bonchev–Trinajstić information content (AvgIpc) is 3.03. The van der Waals surface area contributed by atoms with Gasteiger partial charge in [0.15, 0.2) is 11.6 Å². The van der Waals surface area contributed by atoms with E-state index in [0.29, 0.717) is 18.1 Å². The Bertz CT molecular complexity index is 1820. The summed E-state index contributed by atoms with van der Waals surface area (Å²) in [6.45, 7) is 0.329. The van der Waals surface area contributed by atoms with E-state index >= 15 is 4.39 Å². The third-order valence-corrected chi connectivity index (χ3v) is 7.62. The lowest BCUT2D eigenvalue weighted by Gasteiger charge is -2.23. The van der Waals surface area contributed by atoms with Crippen LogP contribution < -0.4 is 21.3 Å². The smallest absolute Gasteiger partial charge is 0.416 e. The van der Waals surface area contributed by atoms with Crippen LogP contribution in [0.15, 0.2) is 76.3 Å². The van der Waals surface area contributed by atoms with E-state index < -0.39 is 58.7 Å². The van der Waals surface area contributed by atoms with Gasteiger partial charge in [0.05, 0.1) is 44.5 Å². The van der Waals surface area contributed by atoms with Gasteiger partial charge in [-0.25, -0.2) is 13.6 Å². The highest BCUT2D eigenvalue weighted by molar-refractivity contribution is 5.69. The minimum Gasteiger partial charge on any atom is -0.494 e. The maximum Gasteiger partial charge on any atom is 0.416 e. The minimum atomic E-state index is -4.95. The van der Waals surface area contributed by atoms with Crippen molar-refractivity contribution in [2.75, 3.05) is 20.8 Å². The van der Waals surface area contributed by atoms with Gasteiger partial charge in [-0.15, -0.1) is 0 Å². The van der Waals surface area contributed by atoms with Gasteiger partial charge in [-0.2, -0.15) is 13.2 Å². The summed E-state index contributed by atoms with van der Waals surface area (Å²) in [6, 6.07) is 14.5. The van der Waals surface area contributed by atoms with Gasteiger partial charge in [0.25, 0.3) is 5.56 Å². The van der Waals surface area contributed by atoms with E-state index in [1.54, 1.807) is 30.3 Å². The number of carbonyl (C=O) groups excluding carboxylic acids is 1. The molecule has 13 heteroatoms. The molecule has 0 amide bonds. The fraction of sp³-hybridized carbons (Fsp3) is 0.303. The van der Waals surface area contributed by atoms with Crippen LogP contribution in [0.1, 0.15) is 41.3 Å². The summed E-state index contributed by atoms with van der Waals surface area (Å²) in [5.74, 6) is -2.76. The molecule has 0 aliphatic rings. The Balaban J connectivity index is 1.93. The van der Waals surface area contributed by atoms with Gasteiger partial charge in [0, 0.05) is 23.2 Å². The first-order valence-electron chi connectivity index (χ1n) is 14.3. The predicted octanol–water partition coefficient (Wildman–Crippen LogP) is 5.62. The summed E-state index contributed by atoms with van der Waals surface area (Å²) in [7, 11) is 2.49. The van der Waals surface area contributed by atoms with Crippen molar-refractivity contribution in [3.05, 3.63) is 122 Å². The number of methoxy groups -OCH3 is 2. The van der Waals surface area contributed by atoms with Crippen LogP contribution in [0, 0.1) is 18.6 Å². The van der Waals surface area contributed by atoms with Gasteiger partial charge in [-0.1, -0.05) is 48.5 Å². The molecule has 1 N–H and O–H groups in total. The second-order valence-corrected chi connectivity index (χ2v) is 10.4. The maximum atomic E-state index is 15.6. The van der Waals surface area contributed by atoms with Gasteiger partial charge in [-0.05, 0) is 43.7 Å². The number of nitrogens with one attached hydrogen (secondary N) is 1. The Morgan fingerprint density at radius 3 is 2.28 bits per heavy atom. The van der Waals surface area contributed by atoms with Crippen molar-refractivity contribution in [1.29, 1.82) is 0 Å². The van der Waals surface area contributed by atoms with E-state index in [2.05, 4.69) is 10.1 Å². The molecule has 0 bridgehead atoms. The van der Waals surface area contributed by atoms with Crippen LogP contribution in [-0.2, 0) is 28.8 Å². The van der Waals surface area contributed by atoms with Crippen LogP contribution in [0.25, 0.3) is 11.1 Å². The number of alkyl halides is 3. The first-order chi connectivity index (χ1) is 21.9. The topological polar surface area (TPSA) is 91.6 Å². The predicted molar refractivity (Wildman–Crippen MR) is 161 cm³/mol. The van der Waals surface area contributed by atoms with Crippen LogP contribution in [0.3, 0.4) is 0 Å². The molecule has 0 saturated heterocycles. The molecule has 8 nitrogen and oxygen atoms in total. The number of nitrogens with zero attached hydrogens (tertiary/aromatic N) is 2. The highest BCUT2D eigenvalue weighted by Gasteiger charge is 2.35. The highest BCUT2D eigenvalue weighted by Crippen LogP contribution is 2.34. The highest BCUT2D eigenvalue weighted by atomic mass is 19.4. The maximum absolute atomic E-state index is 15.6. The summed E-state index contributed by atoms with van der Waals surface area (Å²) < 4.78 is 83.7. The van der Waals surface area contributed by atoms with Crippen LogP contribution in [-0.4, -0.2) is 35.9 Å². The van der Waals surface area contributed by atoms with Gasteiger partial charge in [-0.3, -0.25) is 18.7 Å². The zero-order chi connectivity index (χ0) is 33.6. The third kappa shape index (κ3) is 7.36. The molecular weight excluding hydrogens is 613 g/mol. The quantitative estimate of drug-likeness (QED) is 0.122. The van der Waals surface area contributed by atoms with Crippen molar-refractivity contribution in [3.8, 4) is 16.9 Å². The molecule has 1 heterocycles. The lowest BCUT2D eigenvalue weighted by atomic mass is 10.0. The Hall–Kier alpha value is -4.78. The Morgan fingerprint density at radius 1 is 0.935 bits per heavy atom.